The van der Waals surface area contributed by atoms with Gasteiger partial charge in [0.2, 0.25) is 0 Å². The molecule has 2 atom stereocenters. The summed E-state index contributed by atoms with van der Waals surface area (Å²) in [5.41, 5.74) is 0.707. The Morgan fingerprint density at radius 3 is 2.62 bits per heavy atom. The molecule has 1 N–H and O–H groups in total. The van der Waals surface area contributed by atoms with Crippen molar-refractivity contribution < 1.29 is 4.79 Å². The van der Waals surface area contributed by atoms with Crippen molar-refractivity contribution >= 4 is 29.3 Å². The Kier molecular flexibility index (Phi) is 5.20. The molecule has 0 aliphatic carbocycles. The Morgan fingerprint density at radius 2 is 1.96 bits per heavy atom. The topological polar surface area (TPSA) is 45.2 Å². The summed E-state index contributed by atoms with van der Waals surface area (Å²) >= 11 is 7.73. The fourth-order valence-electron chi connectivity index (χ4n) is 4.03. The van der Waals surface area contributed by atoms with Crippen LogP contribution in [0, 0.1) is 5.92 Å². The van der Waals surface area contributed by atoms with Crippen molar-refractivity contribution in [2.24, 2.45) is 5.92 Å². The molecule has 1 aromatic heterocycles. The summed E-state index contributed by atoms with van der Waals surface area (Å²) in [4.78, 5) is 21.2. The summed E-state index contributed by atoms with van der Waals surface area (Å²) in [5.74, 6) is 0.636. The molecule has 5 rings (SSSR count). The first-order chi connectivity index (χ1) is 12.6. The van der Waals surface area contributed by atoms with Crippen LogP contribution in [0.1, 0.15) is 30.1 Å². The van der Waals surface area contributed by atoms with Gasteiger partial charge in [0.05, 0.1) is 5.02 Å². The minimum atomic E-state index is 0.0223. The van der Waals surface area contributed by atoms with E-state index in [-0.39, 0.29) is 11.9 Å². The van der Waals surface area contributed by atoms with Crippen molar-refractivity contribution in [1.82, 2.24) is 15.2 Å². The number of carbonyl (C=O) groups is 1. The quantitative estimate of drug-likeness (QED) is 0.857. The zero-order chi connectivity index (χ0) is 18.1. The van der Waals surface area contributed by atoms with Gasteiger partial charge in [0.15, 0.2) is 0 Å². The standard InChI is InChI=1S/C20H22ClN3OS/c1-13-19(14-7-10-24(13)11-8-14)23-20(25)15-2-4-16(5-3-15)26-18-6-9-22-12-17(18)21/h2-6,9,12-14,19H,7-8,10-11H2,1H3,(H,23,25). The maximum atomic E-state index is 12.7. The second-order valence-electron chi connectivity index (χ2n) is 7.05. The molecule has 26 heavy (non-hydrogen) atoms. The predicted molar refractivity (Wildman–Crippen MR) is 105 cm³/mol. The van der Waals surface area contributed by atoms with Gasteiger partial charge in [-0.25, -0.2) is 0 Å². The van der Waals surface area contributed by atoms with E-state index >= 15 is 0 Å². The van der Waals surface area contributed by atoms with Gasteiger partial charge in [-0.15, -0.1) is 0 Å². The van der Waals surface area contributed by atoms with Crippen LogP contribution in [0.2, 0.25) is 5.02 Å². The molecule has 4 nitrogen and oxygen atoms in total. The SMILES string of the molecule is CC1C(NC(=O)c2ccc(Sc3ccncc3Cl)cc2)C2CCN1CC2. The third-order valence-corrected chi connectivity index (χ3v) is 7.05. The highest BCUT2D eigenvalue weighted by Crippen LogP contribution is 2.33. The molecule has 0 spiro atoms. The number of hydrogen-bond donors (Lipinski definition) is 1. The Morgan fingerprint density at radius 1 is 1.23 bits per heavy atom. The predicted octanol–water partition coefficient (Wildman–Crippen LogP) is 4.10. The van der Waals surface area contributed by atoms with Gasteiger partial charge >= 0.3 is 0 Å². The number of piperidine rings is 3. The number of pyridine rings is 1. The molecule has 2 bridgehead atoms. The molecule has 0 saturated carbocycles. The number of fused-ring (bicyclic) bond motifs is 3. The molecule has 2 unspecified atom stereocenters. The second kappa shape index (κ2) is 7.59. The molecule has 3 aliphatic rings. The average Bonchev–Trinajstić information content (AvgIpc) is 2.67. The molecular formula is C20H22ClN3OS. The van der Waals surface area contributed by atoms with Crippen molar-refractivity contribution in [2.75, 3.05) is 13.1 Å². The van der Waals surface area contributed by atoms with Gasteiger partial charge < -0.3 is 5.32 Å². The Hall–Kier alpha value is -1.56. The van der Waals surface area contributed by atoms with E-state index in [9.17, 15) is 4.79 Å². The van der Waals surface area contributed by atoms with Gasteiger partial charge in [0.25, 0.3) is 5.91 Å². The molecule has 3 fully saturated rings. The number of hydrogen-bond acceptors (Lipinski definition) is 4. The summed E-state index contributed by atoms with van der Waals surface area (Å²) in [6, 6.07) is 10.3. The van der Waals surface area contributed by atoms with E-state index < -0.39 is 0 Å². The van der Waals surface area contributed by atoms with Crippen molar-refractivity contribution in [3.05, 3.63) is 53.3 Å². The first-order valence-corrected chi connectivity index (χ1v) is 10.2. The van der Waals surface area contributed by atoms with E-state index in [0.29, 0.717) is 22.5 Å². The summed E-state index contributed by atoms with van der Waals surface area (Å²) in [7, 11) is 0. The molecule has 1 amide bonds. The Balaban J connectivity index is 1.42. The number of amides is 1. The molecular weight excluding hydrogens is 366 g/mol. The maximum Gasteiger partial charge on any atom is 0.251 e. The number of aromatic nitrogens is 1. The summed E-state index contributed by atoms with van der Waals surface area (Å²) in [5, 5.41) is 3.91. The largest absolute Gasteiger partial charge is 0.347 e. The lowest BCUT2D eigenvalue weighted by Crippen LogP contribution is -2.62. The molecule has 3 saturated heterocycles. The Bertz CT molecular complexity index is 788. The van der Waals surface area contributed by atoms with Crippen molar-refractivity contribution in [3.8, 4) is 0 Å². The second-order valence-corrected chi connectivity index (χ2v) is 8.57. The molecule has 6 heteroatoms. The maximum absolute atomic E-state index is 12.7. The fraction of sp³-hybridized carbons (Fsp3) is 0.400. The van der Waals surface area contributed by atoms with E-state index in [2.05, 4.69) is 22.1 Å². The highest BCUT2D eigenvalue weighted by molar-refractivity contribution is 7.99. The number of halogens is 1. The molecule has 136 valence electrons. The molecule has 3 aliphatic heterocycles. The lowest BCUT2D eigenvalue weighted by molar-refractivity contribution is 0.0217. The summed E-state index contributed by atoms with van der Waals surface area (Å²) in [6.07, 6.45) is 5.75. The van der Waals surface area contributed by atoms with Crippen LogP contribution >= 0.6 is 23.4 Å². The highest BCUT2D eigenvalue weighted by Gasteiger charge is 2.40. The summed E-state index contributed by atoms with van der Waals surface area (Å²) < 4.78 is 0. The molecule has 0 radical (unpaired) electrons. The van der Waals surface area contributed by atoms with Crippen LogP contribution in [0.3, 0.4) is 0 Å². The first kappa shape index (κ1) is 17.8. The minimum absolute atomic E-state index is 0.0223. The van der Waals surface area contributed by atoms with Crippen LogP contribution in [0.5, 0.6) is 0 Å². The molecule has 4 heterocycles. The highest BCUT2D eigenvalue weighted by atomic mass is 35.5. The van der Waals surface area contributed by atoms with Gasteiger partial charge in [-0.1, -0.05) is 23.4 Å². The Labute approximate surface area is 163 Å². The number of nitrogens with zero attached hydrogens (tertiary/aromatic N) is 2. The molecule has 1 aromatic carbocycles. The molecule has 2 aromatic rings. The third kappa shape index (κ3) is 3.61. The van der Waals surface area contributed by atoms with Crippen molar-refractivity contribution in [3.63, 3.8) is 0 Å². The van der Waals surface area contributed by atoms with E-state index in [1.807, 2.05) is 30.3 Å². The number of benzene rings is 1. The first-order valence-electron chi connectivity index (χ1n) is 9.04. The van der Waals surface area contributed by atoms with Crippen LogP contribution in [0.25, 0.3) is 0 Å². The zero-order valence-corrected chi connectivity index (χ0v) is 16.3. The lowest BCUT2D eigenvalue weighted by Gasteiger charge is -2.49. The van der Waals surface area contributed by atoms with Gasteiger partial charge in [-0.05, 0) is 69.1 Å². The van der Waals surface area contributed by atoms with E-state index in [1.165, 1.54) is 25.9 Å². The normalized spacial score (nSPS) is 27.3. The van der Waals surface area contributed by atoms with Gasteiger partial charge in [0, 0.05) is 39.8 Å². The van der Waals surface area contributed by atoms with Crippen molar-refractivity contribution in [2.45, 2.75) is 41.6 Å². The van der Waals surface area contributed by atoms with Crippen LogP contribution in [0.4, 0.5) is 0 Å². The van der Waals surface area contributed by atoms with Crippen LogP contribution in [-0.2, 0) is 0 Å². The van der Waals surface area contributed by atoms with Crippen LogP contribution < -0.4 is 5.32 Å². The van der Waals surface area contributed by atoms with Gasteiger partial charge in [0.1, 0.15) is 0 Å². The zero-order valence-electron chi connectivity index (χ0n) is 14.7. The van der Waals surface area contributed by atoms with E-state index in [1.54, 1.807) is 24.2 Å². The van der Waals surface area contributed by atoms with Crippen LogP contribution in [-0.4, -0.2) is 41.0 Å². The van der Waals surface area contributed by atoms with Crippen LogP contribution in [0.15, 0.2) is 52.5 Å². The number of carbonyl (C=O) groups excluding carboxylic acids is 1. The number of nitrogens with one attached hydrogen (secondary N) is 1. The van der Waals surface area contributed by atoms with Crippen molar-refractivity contribution in [1.29, 1.82) is 0 Å². The van der Waals surface area contributed by atoms with Gasteiger partial charge in [-0.3, -0.25) is 14.7 Å². The third-order valence-electron chi connectivity index (χ3n) is 5.56. The van der Waals surface area contributed by atoms with E-state index in [4.69, 9.17) is 11.6 Å². The summed E-state index contributed by atoms with van der Waals surface area (Å²) in [6.45, 7) is 4.57. The number of rotatable bonds is 4. The minimum Gasteiger partial charge on any atom is -0.347 e. The van der Waals surface area contributed by atoms with Gasteiger partial charge in [-0.2, -0.15) is 0 Å². The smallest absolute Gasteiger partial charge is 0.251 e. The fourth-order valence-corrected chi connectivity index (χ4v) is 5.07. The lowest BCUT2D eigenvalue weighted by atomic mass is 9.79. The van der Waals surface area contributed by atoms with E-state index in [0.717, 1.165) is 9.79 Å². The monoisotopic (exact) mass is 387 g/mol. The average molecular weight is 388 g/mol.